The molecule has 0 bridgehead atoms. The van der Waals surface area contributed by atoms with Gasteiger partial charge in [-0.25, -0.2) is 0 Å². The van der Waals surface area contributed by atoms with Crippen LogP contribution < -0.4 is 5.32 Å². The Balaban J connectivity index is 1.79. The first-order valence-electron chi connectivity index (χ1n) is 21.5. The SMILES string of the molecule is CC[C@H](C)[C@@H]([C@@H](CC(=O)N1CCC[C@H]1[C@H](OC)[C@@H](C)C(=O)C[C@@H](Cc1ccccc1)C(=O)NCc1cn[nH]n1)OC)N(C)C(=O)[C@@H](CC(=O)[C@H](C(C)C)N(C)C)C(C)C. The number of rotatable bonds is 25. The number of carbonyl (C=O) groups is 5. The van der Waals surface area contributed by atoms with Gasteiger partial charge in [-0.1, -0.05) is 85.2 Å². The fourth-order valence-corrected chi connectivity index (χ4v) is 9.02. The molecule has 0 unspecified atom stereocenters. The van der Waals surface area contributed by atoms with Gasteiger partial charge in [0.25, 0.3) is 0 Å². The number of Topliss-reactive ketones (excluding diaryl/α,β-unsaturated/α-hetero) is 2. The van der Waals surface area contributed by atoms with Crippen LogP contribution in [0.25, 0.3) is 0 Å². The molecule has 0 saturated carbocycles. The molecule has 59 heavy (non-hydrogen) atoms. The zero-order chi connectivity index (χ0) is 44.0. The molecule has 14 heteroatoms. The molecule has 2 aromatic rings. The summed E-state index contributed by atoms with van der Waals surface area (Å²) in [5, 5.41) is 13.3. The molecule has 9 atom stereocenters. The van der Waals surface area contributed by atoms with Gasteiger partial charge in [0, 0.05) is 58.4 Å². The maximum absolute atomic E-state index is 14.4. The van der Waals surface area contributed by atoms with Crippen LogP contribution >= 0.6 is 0 Å². The van der Waals surface area contributed by atoms with Gasteiger partial charge in [0.1, 0.15) is 11.5 Å². The quantitative estimate of drug-likeness (QED) is 0.140. The van der Waals surface area contributed by atoms with Crippen LogP contribution in [0.2, 0.25) is 0 Å². The fraction of sp³-hybridized carbons (Fsp3) is 0.711. The van der Waals surface area contributed by atoms with Crippen molar-refractivity contribution >= 4 is 29.3 Å². The number of benzene rings is 1. The highest BCUT2D eigenvalue weighted by atomic mass is 16.5. The number of amides is 3. The van der Waals surface area contributed by atoms with Gasteiger partial charge in [-0.2, -0.15) is 15.4 Å². The van der Waals surface area contributed by atoms with E-state index in [0.29, 0.717) is 25.1 Å². The van der Waals surface area contributed by atoms with Crippen LogP contribution in [-0.2, 0) is 46.4 Å². The minimum Gasteiger partial charge on any atom is -0.379 e. The van der Waals surface area contributed by atoms with Crippen molar-refractivity contribution in [3.05, 3.63) is 47.8 Å². The van der Waals surface area contributed by atoms with Crippen molar-refractivity contribution in [2.24, 2.45) is 35.5 Å². The average molecular weight is 824 g/mol. The summed E-state index contributed by atoms with van der Waals surface area (Å²) in [6.07, 6.45) is 3.03. The van der Waals surface area contributed by atoms with Gasteiger partial charge in [-0.05, 0) is 56.7 Å². The highest BCUT2D eigenvalue weighted by molar-refractivity contribution is 5.90. The fourth-order valence-electron chi connectivity index (χ4n) is 9.02. The first-order valence-corrected chi connectivity index (χ1v) is 21.5. The van der Waals surface area contributed by atoms with E-state index in [9.17, 15) is 24.0 Å². The number of nitrogens with zero attached hydrogens (tertiary/aromatic N) is 5. The minimum absolute atomic E-state index is 0.000173. The maximum Gasteiger partial charge on any atom is 0.226 e. The second-order valence-corrected chi connectivity index (χ2v) is 17.5. The molecule has 3 amide bonds. The maximum atomic E-state index is 14.4. The number of likely N-dealkylation sites (tertiary alicyclic amines) is 1. The van der Waals surface area contributed by atoms with Crippen molar-refractivity contribution in [3.63, 3.8) is 0 Å². The molecular weight excluding hydrogens is 751 g/mol. The molecule has 1 aromatic carbocycles. The number of methoxy groups -OCH3 is 2. The molecule has 1 saturated heterocycles. The molecule has 0 aliphatic carbocycles. The summed E-state index contributed by atoms with van der Waals surface area (Å²) < 4.78 is 12.1. The monoisotopic (exact) mass is 824 g/mol. The van der Waals surface area contributed by atoms with Crippen LogP contribution in [0.3, 0.4) is 0 Å². The Bertz CT molecular complexity index is 1610. The molecular formula is C45H73N7O7. The summed E-state index contributed by atoms with van der Waals surface area (Å²) in [5.41, 5.74) is 1.52. The van der Waals surface area contributed by atoms with Gasteiger partial charge in [-0.15, -0.1) is 0 Å². The second kappa shape index (κ2) is 23.7. The summed E-state index contributed by atoms with van der Waals surface area (Å²) in [6, 6.07) is 8.53. The van der Waals surface area contributed by atoms with E-state index in [2.05, 4.69) is 34.6 Å². The topological polar surface area (TPSA) is 167 Å². The van der Waals surface area contributed by atoms with E-state index in [-0.39, 0.29) is 84.9 Å². The predicted octanol–water partition coefficient (Wildman–Crippen LogP) is 4.98. The van der Waals surface area contributed by atoms with Crippen molar-refractivity contribution in [1.82, 2.24) is 35.4 Å². The first-order chi connectivity index (χ1) is 28.0. The molecule has 2 heterocycles. The highest BCUT2D eigenvalue weighted by Gasteiger charge is 2.43. The molecule has 330 valence electrons. The summed E-state index contributed by atoms with van der Waals surface area (Å²) >= 11 is 0. The van der Waals surface area contributed by atoms with Crippen LogP contribution in [0.15, 0.2) is 36.5 Å². The molecule has 14 nitrogen and oxygen atoms in total. The van der Waals surface area contributed by atoms with Crippen LogP contribution in [0.1, 0.15) is 98.2 Å². The summed E-state index contributed by atoms with van der Waals surface area (Å²) in [7, 11) is 8.70. The Labute approximate surface area is 352 Å². The summed E-state index contributed by atoms with van der Waals surface area (Å²) in [4.78, 5) is 75.4. The Kier molecular flexibility index (Phi) is 19.8. The molecule has 3 rings (SSSR count). The minimum atomic E-state index is -0.629. The lowest BCUT2D eigenvalue weighted by molar-refractivity contribution is -0.149. The Morgan fingerprint density at radius 3 is 2.14 bits per heavy atom. The largest absolute Gasteiger partial charge is 0.379 e. The Hall–Kier alpha value is -4.01. The number of likely N-dealkylation sites (N-methyl/N-ethyl adjacent to an activating group) is 2. The third-order valence-corrected chi connectivity index (χ3v) is 12.5. The lowest BCUT2D eigenvalue weighted by Crippen LogP contribution is -2.54. The molecule has 0 spiro atoms. The van der Waals surface area contributed by atoms with E-state index < -0.39 is 36.0 Å². The average Bonchev–Trinajstić information content (AvgIpc) is 3.91. The van der Waals surface area contributed by atoms with Crippen LogP contribution in [0, 0.1) is 35.5 Å². The number of H-pyrrole nitrogens is 1. The van der Waals surface area contributed by atoms with Gasteiger partial charge >= 0.3 is 0 Å². The second-order valence-electron chi connectivity index (χ2n) is 17.5. The molecule has 1 aromatic heterocycles. The van der Waals surface area contributed by atoms with E-state index in [1.807, 2.05) is 88.8 Å². The van der Waals surface area contributed by atoms with Crippen LogP contribution in [0.5, 0.6) is 0 Å². The third-order valence-electron chi connectivity index (χ3n) is 12.5. The van der Waals surface area contributed by atoms with Crippen molar-refractivity contribution in [2.75, 3.05) is 41.9 Å². The zero-order valence-electron chi connectivity index (χ0n) is 37.8. The number of ketones is 2. The third kappa shape index (κ3) is 13.5. The van der Waals surface area contributed by atoms with Gasteiger partial charge < -0.3 is 24.6 Å². The van der Waals surface area contributed by atoms with Gasteiger partial charge in [-0.3, -0.25) is 28.9 Å². The van der Waals surface area contributed by atoms with Gasteiger partial charge in [0.2, 0.25) is 17.7 Å². The molecule has 0 radical (unpaired) electrons. The molecule has 2 N–H and O–H groups in total. The van der Waals surface area contributed by atoms with Gasteiger partial charge in [0.15, 0.2) is 5.78 Å². The van der Waals surface area contributed by atoms with Gasteiger partial charge in [0.05, 0.1) is 49.5 Å². The normalized spacial score (nSPS) is 18.6. The Morgan fingerprint density at radius 2 is 1.59 bits per heavy atom. The van der Waals surface area contributed by atoms with E-state index in [0.717, 1.165) is 18.4 Å². The molecule has 1 fully saturated rings. The lowest BCUT2D eigenvalue weighted by atomic mass is 9.83. The highest BCUT2D eigenvalue weighted by Crippen LogP contribution is 2.32. The number of aromatic amines is 1. The molecule has 1 aliphatic heterocycles. The number of hydrogen-bond donors (Lipinski definition) is 2. The van der Waals surface area contributed by atoms with E-state index >= 15 is 0 Å². The number of carbonyl (C=O) groups excluding carboxylic acids is 5. The summed E-state index contributed by atoms with van der Waals surface area (Å²) in [5.74, 6) is -2.33. The van der Waals surface area contributed by atoms with Crippen molar-refractivity contribution in [2.45, 2.75) is 130 Å². The number of nitrogens with one attached hydrogen (secondary N) is 2. The predicted molar refractivity (Wildman–Crippen MR) is 228 cm³/mol. The summed E-state index contributed by atoms with van der Waals surface area (Å²) in [6.45, 7) is 14.6. The zero-order valence-corrected chi connectivity index (χ0v) is 37.8. The van der Waals surface area contributed by atoms with Crippen molar-refractivity contribution in [3.8, 4) is 0 Å². The number of aromatic nitrogens is 3. The van der Waals surface area contributed by atoms with E-state index in [4.69, 9.17) is 9.47 Å². The van der Waals surface area contributed by atoms with Crippen molar-refractivity contribution < 1.29 is 33.4 Å². The van der Waals surface area contributed by atoms with E-state index in [1.54, 1.807) is 26.2 Å². The van der Waals surface area contributed by atoms with E-state index in [1.165, 1.54) is 6.20 Å². The number of ether oxygens (including phenoxy) is 2. The van der Waals surface area contributed by atoms with Crippen LogP contribution in [-0.4, -0.2) is 132 Å². The Morgan fingerprint density at radius 1 is 0.915 bits per heavy atom. The first kappa shape index (κ1) is 49.4. The van der Waals surface area contributed by atoms with Crippen molar-refractivity contribution in [1.29, 1.82) is 0 Å². The van der Waals surface area contributed by atoms with Crippen LogP contribution in [0.4, 0.5) is 0 Å². The molecule has 1 aliphatic rings. The smallest absolute Gasteiger partial charge is 0.226 e. The standard InChI is InChI=1S/C45H73N7O7/c1-13-30(6)42(51(10)45(57)35(28(2)3)24-38(54)41(29(4)5)50(8)9)39(58-11)25-40(55)52-21-17-20-36(52)43(59-12)31(7)37(53)23-33(22-32-18-15-14-16-19-32)44(56)46-26-34-27-47-49-48-34/h14-16,18-19,27-31,33,35-36,39,41-43H,13,17,20-26H2,1-12H3,(H,46,56)(H,47,48,49)/t30-,31-,33+,35-,36-,39+,41-,42-,43+/m0/s1. The number of hydrogen-bond acceptors (Lipinski definition) is 10. The lowest BCUT2D eigenvalue weighted by Gasteiger charge is -2.41.